The zero-order valence-corrected chi connectivity index (χ0v) is 49.6. The Labute approximate surface area is 465 Å². The summed E-state index contributed by atoms with van der Waals surface area (Å²) in [6.07, 6.45) is 83.1. The summed E-state index contributed by atoms with van der Waals surface area (Å²) in [6, 6.07) is 0. The van der Waals surface area contributed by atoms with Crippen LogP contribution >= 0.6 is 0 Å². The van der Waals surface area contributed by atoms with Gasteiger partial charge in [-0.2, -0.15) is 0 Å². The third-order valence-electron chi connectivity index (χ3n) is 13.9. The Hall–Kier alpha value is -3.41. The molecule has 1 unspecified atom stereocenters. The standard InChI is InChI=1S/C69H120O6/c1-4-7-10-13-16-19-22-25-28-30-31-32-33-34-35-36-37-39-41-44-47-50-53-56-59-62-68(71)74-65-66(64-73-67(70)61-58-55-52-49-46-43-40-27-24-21-18-15-12-9-6-3)75-69(72)63-60-57-54-51-48-45-42-38-29-26-23-20-17-14-11-8-5-2/h9,12,17-18,20-21,26-27,29-31,40,46,49,66H,4-8,10-11,13-16,19,22-25,28,32-39,41-45,47-48,50-65H2,1-3H3/b12-9-,20-17-,21-18-,29-26-,31-30-,40-27-,49-46-. The van der Waals surface area contributed by atoms with Crippen molar-refractivity contribution in [1.29, 1.82) is 0 Å². The molecule has 0 aliphatic carbocycles. The van der Waals surface area contributed by atoms with Crippen molar-refractivity contribution in [2.75, 3.05) is 13.2 Å². The van der Waals surface area contributed by atoms with E-state index < -0.39 is 6.10 Å². The molecule has 75 heavy (non-hydrogen) atoms. The van der Waals surface area contributed by atoms with Gasteiger partial charge in [0.1, 0.15) is 13.2 Å². The van der Waals surface area contributed by atoms with Crippen LogP contribution in [0.25, 0.3) is 0 Å². The molecule has 0 aliphatic heterocycles. The Kier molecular flexibility index (Phi) is 60.3. The van der Waals surface area contributed by atoms with E-state index in [1.54, 1.807) is 0 Å². The summed E-state index contributed by atoms with van der Waals surface area (Å²) in [5, 5.41) is 0. The molecule has 0 spiro atoms. The first kappa shape index (κ1) is 71.6. The van der Waals surface area contributed by atoms with Gasteiger partial charge in [0.25, 0.3) is 0 Å². The highest BCUT2D eigenvalue weighted by Crippen LogP contribution is 2.16. The first-order chi connectivity index (χ1) is 37.0. The molecule has 0 amide bonds. The number of esters is 3. The van der Waals surface area contributed by atoms with Gasteiger partial charge in [0.15, 0.2) is 6.10 Å². The molecule has 0 saturated carbocycles. The summed E-state index contributed by atoms with van der Waals surface area (Å²) in [5.74, 6) is -0.932. The second kappa shape index (κ2) is 63.1. The molecule has 0 fully saturated rings. The maximum Gasteiger partial charge on any atom is 0.306 e. The van der Waals surface area contributed by atoms with E-state index in [1.165, 1.54) is 180 Å². The molecule has 0 bridgehead atoms. The van der Waals surface area contributed by atoms with E-state index in [0.29, 0.717) is 19.3 Å². The average Bonchev–Trinajstić information content (AvgIpc) is 3.41. The van der Waals surface area contributed by atoms with Crippen LogP contribution in [0.5, 0.6) is 0 Å². The molecule has 0 aromatic rings. The van der Waals surface area contributed by atoms with Gasteiger partial charge >= 0.3 is 17.9 Å². The zero-order valence-electron chi connectivity index (χ0n) is 49.6. The number of carbonyl (C=O) groups excluding carboxylic acids is 3. The largest absolute Gasteiger partial charge is 0.462 e. The van der Waals surface area contributed by atoms with Crippen molar-refractivity contribution in [3.8, 4) is 0 Å². The number of rotatable bonds is 58. The van der Waals surface area contributed by atoms with E-state index in [2.05, 4.69) is 106 Å². The van der Waals surface area contributed by atoms with Crippen molar-refractivity contribution < 1.29 is 28.6 Å². The molecule has 432 valence electrons. The minimum absolute atomic E-state index is 0.0919. The van der Waals surface area contributed by atoms with Crippen molar-refractivity contribution >= 4 is 17.9 Å². The summed E-state index contributed by atoms with van der Waals surface area (Å²) < 4.78 is 16.9. The third kappa shape index (κ3) is 61.3. The highest BCUT2D eigenvalue weighted by molar-refractivity contribution is 5.71. The Bertz CT molecular complexity index is 1430. The van der Waals surface area contributed by atoms with Crippen molar-refractivity contribution in [3.63, 3.8) is 0 Å². The summed E-state index contributed by atoms with van der Waals surface area (Å²) in [5.41, 5.74) is 0. The predicted octanol–water partition coefficient (Wildman–Crippen LogP) is 21.9. The summed E-state index contributed by atoms with van der Waals surface area (Å²) >= 11 is 0. The van der Waals surface area contributed by atoms with Gasteiger partial charge in [0.05, 0.1) is 0 Å². The minimum atomic E-state index is -0.799. The maximum atomic E-state index is 12.9. The lowest BCUT2D eigenvalue weighted by Gasteiger charge is -2.18. The monoisotopic (exact) mass is 1040 g/mol. The van der Waals surface area contributed by atoms with Crippen molar-refractivity contribution in [2.24, 2.45) is 0 Å². The second-order valence-electron chi connectivity index (χ2n) is 21.3. The van der Waals surface area contributed by atoms with Gasteiger partial charge in [0.2, 0.25) is 0 Å². The molecule has 6 heteroatoms. The molecule has 0 N–H and O–H groups in total. The van der Waals surface area contributed by atoms with Gasteiger partial charge in [-0.05, 0) is 116 Å². The topological polar surface area (TPSA) is 78.9 Å². The van der Waals surface area contributed by atoms with Crippen molar-refractivity contribution in [2.45, 2.75) is 322 Å². The molecule has 0 rings (SSSR count). The summed E-state index contributed by atoms with van der Waals surface area (Å²) in [7, 11) is 0. The van der Waals surface area contributed by atoms with Crippen LogP contribution in [0.2, 0.25) is 0 Å². The molecule has 0 radical (unpaired) electrons. The fourth-order valence-electron chi connectivity index (χ4n) is 9.05. The lowest BCUT2D eigenvalue weighted by molar-refractivity contribution is -0.167. The lowest BCUT2D eigenvalue weighted by Crippen LogP contribution is -2.30. The van der Waals surface area contributed by atoms with E-state index in [0.717, 1.165) is 96.3 Å². The number of allylic oxidation sites excluding steroid dienone is 14. The van der Waals surface area contributed by atoms with E-state index in [4.69, 9.17) is 14.2 Å². The molecule has 0 aromatic heterocycles. The molecule has 1 atom stereocenters. The van der Waals surface area contributed by atoms with Gasteiger partial charge in [-0.25, -0.2) is 0 Å². The van der Waals surface area contributed by atoms with E-state index in [-0.39, 0.29) is 31.1 Å². The van der Waals surface area contributed by atoms with Crippen LogP contribution in [-0.2, 0) is 28.6 Å². The van der Waals surface area contributed by atoms with Gasteiger partial charge in [0, 0.05) is 19.3 Å². The number of unbranched alkanes of at least 4 members (excludes halogenated alkanes) is 33. The predicted molar refractivity (Wildman–Crippen MR) is 325 cm³/mol. The fourth-order valence-corrected chi connectivity index (χ4v) is 9.05. The molecule has 0 aliphatic rings. The first-order valence-corrected chi connectivity index (χ1v) is 32.1. The minimum Gasteiger partial charge on any atom is -0.462 e. The van der Waals surface area contributed by atoms with Crippen LogP contribution in [0.4, 0.5) is 0 Å². The van der Waals surface area contributed by atoms with Crippen molar-refractivity contribution in [1.82, 2.24) is 0 Å². The van der Waals surface area contributed by atoms with Gasteiger partial charge < -0.3 is 14.2 Å². The first-order valence-electron chi connectivity index (χ1n) is 32.1. The smallest absolute Gasteiger partial charge is 0.306 e. The SMILES string of the molecule is CC/C=C\C/C=C\C/C=C\C/C=C\CCCCC(=O)OCC(COC(=O)CCCCCCCCCCCCCCC/C=C\CCCCCCCCCC)OC(=O)CCCCCCCCC/C=C\C/C=C\CCCCC. The van der Waals surface area contributed by atoms with Crippen LogP contribution in [0.1, 0.15) is 316 Å². The molecule has 6 nitrogen and oxygen atoms in total. The van der Waals surface area contributed by atoms with Crippen LogP contribution in [0.3, 0.4) is 0 Å². The number of ether oxygens (including phenoxy) is 3. The summed E-state index contributed by atoms with van der Waals surface area (Å²) in [4.78, 5) is 38.3. The average molecular weight is 1050 g/mol. The second-order valence-corrected chi connectivity index (χ2v) is 21.3. The zero-order chi connectivity index (χ0) is 54.3. The normalized spacial score (nSPS) is 12.6. The van der Waals surface area contributed by atoms with Gasteiger partial charge in [-0.15, -0.1) is 0 Å². The molecule has 0 heterocycles. The quantitative estimate of drug-likeness (QED) is 0.0261. The molecule has 0 aromatic carbocycles. The Morgan fingerprint density at radius 3 is 0.880 bits per heavy atom. The van der Waals surface area contributed by atoms with E-state index in [9.17, 15) is 14.4 Å². The highest BCUT2D eigenvalue weighted by atomic mass is 16.6. The molecular formula is C69H120O6. The number of hydrogen-bond donors (Lipinski definition) is 0. The van der Waals surface area contributed by atoms with Crippen LogP contribution in [-0.4, -0.2) is 37.2 Å². The van der Waals surface area contributed by atoms with Crippen LogP contribution in [0, 0.1) is 0 Å². The van der Waals surface area contributed by atoms with Crippen LogP contribution < -0.4 is 0 Å². The highest BCUT2D eigenvalue weighted by Gasteiger charge is 2.19. The lowest BCUT2D eigenvalue weighted by atomic mass is 10.0. The number of hydrogen-bond acceptors (Lipinski definition) is 6. The third-order valence-corrected chi connectivity index (χ3v) is 13.9. The van der Waals surface area contributed by atoms with Gasteiger partial charge in [-0.3, -0.25) is 14.4 Å². The maximum absolute atomic E-state index is 12.9. The van der Waals surface area contributed by atoms with Crippen molar-refractivity contribution in [3.05, 3.63) is 85.1 Å². The van der Waals surface area contributed by atoms with Crippen LogP contribution in [0.15, 0.2) is 85.1 Å². The van der Waals surface area contributed by atoms with E-state index in [1.807, 2.05) is 0 Å². The molecule has 0 saturated heterocycles. The Balaban J connectivity index is 4.34. The van der Waals surface area contributed by atoms with E-state index >= 15 is 0 Å². The van der Waals surface area contributed by atoms with Gasteiger partial charge in [-0.1, -0.05) is 266 Å². The molecular weight excluding hydrogens is 925 g/mol. The Morgan fingerprint density at radius 2 is 0.520 bits per heavy atom. The summed E-state index contributed by atoms with van der Waals surface area (Å²) in [6.45, 7) is 6.49. The fraction of sp³-hybridized carbons (Fsp3) is 0.754. The Morgan fingerprint density at radius 1 is 0.280 bits per heavy atom. The number of carbonyl (C=O) groups is 3.